The standard InChI is InChI=1S/C51H37N3/c1-51(2)43-20-10-8-18-39(43)40-26-23-36(29-44(40)51)46-31-45(32-13-4-3-5-14-32)52-50(53-46)37-24-25-38-35(27-37)17-12-22-47(38)54-48-21-11-9-19-41(48)42-28-33-15-6-7-16-34(33)30-49(42)54/h3-31,50,52H,1-2H3. The molecule has 1 aliphatic heterocycles. The van der Waals surface area contributed by atoms with Crippen molar-refractivity contribution in [3.8, 4) is 16.8 Å². The van der Waals surface area contributed by atoms with Crippen LogP contribution in [0.25, 0.3) is 65.9 Å². The normalized spacial score (nSPS) is 15.9. The van der Waals surface area contributed by atoms with E-state index in [1.165, 1.54) is 71.3 Å². The van der Waals surface area contributed by atoms with Gasteiger partial charge in [0, 0.05) is 32.8 Å². The summed E-state index contributed by atoms with van der Waals surface area (Å²) < 4.78 is 2.44. The summed E-state index contributed by atoms with van der Waals surface area (Å²) in [7, 11) is 0. The van der Waals surface area contributed by atoms with Crippen LogP contribution in [-0.4, -0.2) is 10.3 Å². The maximum atomic E-state index is 5.43. The van der Waals surface area contributed by atoms with Gasteiger partial charge in [0.1, 0.15) is 6.17 Å². The number of nitrogens with zero attached hydrogens (tertiary/aromatic N) is 2. The molecule has 11 rings (SSSR count). The Morgan fingerprint density at radius 3 is 2.15 bits per heavy atom. The fourth-order valence-electron chi connectivity index (χ4n) is 9.06. The molecule has 1 N–H and O–H groups in total. The van der Waals surface area contributed by atoms with Gasteiger partial charge in [-0.05, 0) is 92.0 Å². The van der Waals surface area contributed by atoms with Crippen molar-refractivity contribution in [3.63, 3.8) is 0 Å². The quantitative estimate of drug-likeness (QED) is 0.196. The van der Waals surface area contributed by atoms with Gasteiger partial charge in [0.25, 0.3) is 0 Å². The highest BCUT2D eigenvalue weighted by Gasteiger charge is 2.35. The minimum atomic E-state index is -0.258. The summed E-state index contributed by atoms with van der Waals surface area (Å²) in [6, 6.07) is 62.0. The third-order valence-electron chi connectivity index (χ3n) is 11.8. The number of nitrogens with one attached hydrogen (secondary N) is 1. The molecule has 3 heteroatoms. The SMILES string of the molecule is CC1(C)c2ccccc2-c2ccc(C3=NC(c4ccc5c(-n6c7ccccc7c7cc8ccccc8cc76)cccc5c4)NC(c4ccccc4)=C3)cc21. The summed E-state index contributed by atoms with van der Waals surface area (Å²) in [5, 5.41) is 11.2. The van der Waals surface area contributed by atoms with Gasteiger partial charge in [0.2, 0.25) is 0 Å². The first kappa shape index (κ1) is 30.9. The first-order chi connectivity index (χ1) is 26.5. The number of hydrogen-bond acceptors (Lipinski definition) is 2. The highest BCUT2D eigenvalue weighted by molar-refractivity contribution is 6.15. The Morgan fingerprint density at radius 2 is 1.26 bits per heavy atom. The topological polar surface area (TPSA) is 29.3 Å². The molecule has 0 saturated heterocycles. The summed E-state index contributed by atoms with van der Waals surface area (Å²) in [6.07, 6.45) is 1.96. The fraction of sp³-hybridized carbons (Fsp3) is 0.0784. The Kier molecular flexibility index (Phi) is 6.66. The van der Waals surface area contributed by atoms with E-state index in [0.29, 0.717) is 0 Å². The molecule has 1 aliphatic carbocycles. The Hall–Kier alpha value is -6.71. The minimum Gasteiger partial charge on any atom is -0.360 e. The molecule has 54 heavy (non-hydrogen) atoms. The molecule has 0 bridgehead atoms. The van der Waals surface area contributed by atoms with Crippen LogP contribution in [0.5, 0.6) is 0 Å². The predicted molar refractivity (Wildman–Crippen MR) is 227 cm³/mol. The molecule has 0 amide bonds. The molecule has 1 atom stereocenters. The van der Waals surface area contributed by atoms with Gasteiger partial charge in [-0.15, -0.1) is 0 Å². The summed E-state index contributed by atoms with van der Waals surface area (Å²) >= 11 is 0. The van der Waals surface area contributed by atoms with Crippen LogP contribution >= 0.6 is 0 Å². The number of rotatable bonds is 4. The first-order valence-electron chi connectivity index (χ1n) is 18.8. The average molecular weight is 692 g/mol. The summed E-state index contributed by atoms with van der Waals surface area (Å²) in [5.74, 6) is 0. The number of hydrogen-bond donors (Lipinski definition) is 1. The van der Waals surface area contributed by atoms with Crippen molar-refractivity contribution in [1.29, 1.82) is 0 Å². The maximum Gasteiger partial charge on any atom is 0.145 e. The van der Waals surface area contributed by atoms with Gasteiger partial charge in [-0.2, -0.15) is 0 Å². The Balaban J connectivity index is 1.05. The molecular weight excluding hydrogens is 655 g/mol. The molecule has 0 fully saturated rings. The van der Waals surface area contributed by atoms with Crippen LogP contribution in [0.2, 0.25) is 0 Å². The summed E-state index contributed by atoms with van der Waals surface area (Å²) in [4.78, 5) is 5.43. The van der Waals surface area contributed by atoms with Crippen LogP contribution < -0.4 is 5.32 Å². The van der Waals surface area contributed by atoms with Gasteiger partial charge in [-0.1, -0.05) is 147 Å². The van der Waals surface area contributed by atoms with E-state index in [1.54, 1.807) is 0 Å². The van der Waals surface area contributed by atoms with Gasteiger partial charge < -0.3 is 9.88 Å². The van der Waals surface area contributed by atoms with Crippen molar-refractivity contribution in [1.82, 2.24) is 9.88 Å². The molecule has 256 valence electrons. The number of aliphatic imine (C=N–C) groups is 1. The highest BCUT2D eigenvalue weighted by Crippen LogP contribution is 2.49. The molecular formula is C51H37N3. The van der Waals surface area contributed by atoms with E-state index < -0.39 is 0 Å². The zero-order valence-corrected chi connectivity index (χ0v) is 30.2. The second-order valence-electron chi connectivity index (χ2n) is 15.2. The van der Waals surface area contributed by atoms with Crippen molar-refractivity contribution in [2.45, 2.75) is 25.4 Å². The molecule has 0 spiro atoms. The summed E-state index contributed by atoms with van der Waals surface area (Å²) in [6.45, 7) is 4.68. The van der Waals surface area contributed by atoms with Crippen molar-refractivity contribution in [2.75, 3.05) is 0 Å². The van der Waals surface area contributed by atoms with E-state index in [-0.39, 0.29) is 11.6 Å². The number of para-hydroxylation sites is 1. The van der Waals surface area contributed by atoms with Gasteiger partial charge >= 0.3 is 0 Å². The smallest absolute Gasteiger partial charge is 0.145 e. The third kappa shape index (κ3) is 4.65. The lowest BCUT2D eigenvalue weighted by Gasteiger charge is -2.26. The second-order valence-corrected chi connectivity index (χ2v) is 15.2. The Labute approximate surface area is 314 Å². The maximum absolute atomic E-state index is 5.43. The van der Waals surface area contributed by atoms with E-state index in [9.17, 15) is 0 Å². The van der Waals surface area contributed by atoms with Crippen molar-refractivity contribution in [2.24, 2.45) is 4.99 Å². The molecule has 9 aromatic rings. The zero-order chi connectivity index (χ0) is 36.0. The molecule has 0 saturated carbocycles. The number of benzene rings is 8. The van der Waals surface area contributed by atoms with Crippen molar-refractivity contribution >= 4 is 54.8 Å². The molecule has 0 radical (unpaired) electrons. The van der Waals surface area contributed by atoms with Crippen LogP contribution in [0, 0.1) is 0 Å². The van der Waals surface area contributed by atoms with E-state index in [4.69, 9.17) is 4.99 Å². The van der Waals surface area contributed by atoms with E-state index in [0.717, 1.165) is 28.1 Å². The van der Waals surface area contributed by atoms with Gasteiger partial charge in [-0.25, -0.2) is 0 Å². The van der Waals surface area contributed by atoms with Crippen LogP contribution in [-0.2, 0) is 5.41 Å². The van der Waals surface area contributed by atoms with Crippen LogP contribution in [0.1, 0.15) is 47.8 Å². The van der Waals surface area contributed by atoms with Crippen LogP contribution in [0.4, 0.5) is 0 Å². The van der Waals surface area contributed by atoms with Gasteiger partial charge in [-0.3, -0.25) is 4.99 Å². The summed E-state index contributed by atoms with van der Waals surface area (Å²) in [5.41, 5.74) is 14.4. The third-order valence-corrected chi connectivity index (χ3v) is 11.8. The van der Waals surface area contributed by atoms with E-state index in [1.807, 2.05) is 0 Å². The molecule has 3 nitrogen and oxygen atoms in total. The van der Waals surface area contributed by atoms with Crippen LogP contribution in [0.15, 0.2) is 181 Å². The molecule has 1 aromatic heterocycles. The fourth-order valence-corrected chi connectivity index (χ4v) is 9.06. The number of fused-ring (bicyclic) bond motifs is 8. The van der Waals surface area contributed by atoms with Gasteiger partial charge in [0.05, 0.1) is 22.4 Å². The molecule has 1 unspecified atom stereocenters. The molecule has 2 aliphatic rings. The average Bonchev–Trinajstić information content (AvgIpc) is 3.66. The predicted octanol–water partition coefficient (Wildman–Crippen LogP) is 12.5. The molecule has 2 heterocycles. The zero-order valence-electron chi connectivity index (χ0n) is 30.2. The van der Waals surface area contributed by atoms with Crippen molar-refractivity contribution in [3.05, 3.63) is 204 Å². The van der Waals surface area contributed by atoms with E-state index in [2.05, 4.69) is 200 Å². The molecule has 8 aromatic carbocycles. The highest BCUT2D eigenvalue weighted by atomic mass is 15.1. The number of aromatic nitrogens is 1. The monoisotopic (exact) mass is 691 g/mol. The second kappa shape index (κ2) is 11.6. The lowest BCUT2D eigenvalue weighted by Crippen LogP contribution is -2.25. The largest absolute Gasteiger partial charge is 0.360 e. The minimum absolute atomic E-state index is 0.0830. The van der Waals surface area contributed by atoms with Crippen molar-refractivity contribution < 1.29 is 0 Å². The first-order valence-corrected chi connectivity index (χ1v) is 18.8. The Bertz CT molecular complexity index is 3050. The van der Waals surface area contributed by atoms with Gasteiger partial charge in [0.15, 0.2) is 0 Å². The number of allylic oxidation sites excluding steroid dienone is 1. The lowest BCUT2D eigenvalue weighted by molar-refractivity contribution is 0.659. The lowest BCUT2D eigenvalue weighted by atomic mass is 9.81. The van der Waals surface area contributed by atoms with E-state index >= 15 is 0 Å². The Morgan fingerprint density at radius 1 is 0.519 bits per heavy atom. The van der Waals surface area contributed by atoms with Crippen LogP contribution in [0.3, 0.4) is 0 Å².